The standard InChI is InChI=1S/C24H24N2O2/c1-28-22-13-7-12-21(16-22)25-24(27)23(19-9-3-2-4-10-19)26-15-14-18-8-5-6-11-20(18)17-26/h2-13,16,23H,14-15,17H2,1H3,(H,25,27)/t23-/m0/s1. The highest BCUT2D eigenvalue weighted by atomic mass is 16.5. The van der Waals surface area contributed by atoms with Crippen LogP contribution in [0.1, 0.15) is 22.7 Å². The molecule has 0 unspecified atom stereocenters. The maximum atomic E-state index is 13.3. The lowest BCUT2D eigenvalue weighted by Gasteiger charge is -2.35. The summed E-state index contributed by atoms with van der Waals surface area (Å²) in [7, 11) is 1.62. The lowest BCUT2D eigenvalue weighted by molar-refractivity contribution is -0.122. The predicted molar refractivity (Wildman–Crippen MR) is 111 cm³/mol. The zero-order valence-electron chi connectivity index (χ0n) is 16.0. The summed E-state index contributed by atoms with van der Waals surface area (Å²) in [5.74, 6) is 0.694. The van der Waals surface area contributed by atoms with Crippen LogP contribution in [0.25, 0.3) is 0 Å². The molecular weight excluding hydrogens is 348 g/mol. The second-order valence-corrected chi connectivity index (χ2v) is 7.02. The first kappa shape index (κ1) is 18.3. The van der Waals surface area contributed by atoms with Gasteiger partial charge in [0.1, 0.15) is 11.8 Å². The van der Waals surface area contributed by atoms with Gasteiger partial charge < -0.3 is 10.1 Å². The topological polar surface area (TPSA) is 41.6 Å². The Morgan fingerprint density at radius 3 is 2.50 bits per heavy atom. The average Bonchev–Trinajstić information content (AvgIpc) is 2.75. The highest BCUT2D eigenvalue weighted by molar-refractivity contribution is 5.95. The van der Waals surface area contributed by atoms with Crippen molar-refractivity contribution in [3.8, 4) is 5.75 Å². The van der Waals surface area contributed by atoms with Gasteiger partial charge in [0.25, 0.3) is 0 Å². The molecule has 0 saturated heterocycles. The zero-order valence-corrected chi connectivity index (χ0v) is 16.0. The molecule has 1 atom stereocenters. The van der Waals surface area contributed by atoms with Gasteiger partial charge in [0, 0.05) is 24.8 Å². The largest absolute Gasteiger partial charge is 0.497 e. The smallest absolute Gasteiger partial charge is 0.246 e. The summed E-state index contributed by atoms with van der Waals surface area (Å²) in [5.41, 5.74) is 4.41. The molecule has 1 heterocycles. The number of carbonyl (C=O) groups is 1. The minimum absolute atomic E-state index is 0.0289. The molecule has 4 rings (SSSR count). The van der Waals surface area contributed by atoms with Gasteiger partial charge in [-0.3, -0.25) is 9.69 Å². The number of nitrogens with zero attached hydrogens (tertiary/aromatic N) is 1. The van der Waals surface area contributed by atoms with Gasteiger partial charge >= 0.3 is 0 Å². The number of anilines is 1. The van der Waals surface area contributed by atoms with Crippen molar-refractivity contribution in [1.29, 1.82) is 0 Å². The highest BCUT2D eigenvalue weighted by Crippen LogP contribution is 2.29. The van der Waals surface area contributed by atoms with E-state index in [2.05, 4.69) is 34.5 Å². The number of rotatable bonds is 5. The third-order valence-electron chi connectivity index (χ3n) is 5.23. The lowest BCUT2D eigenvalue weighted by Crippen LogP contribution is -2.40. The minimum atomic E-state index is -0.347. The zero-order chi connectivity index (χ0) is 19.3. The molecule has 0 aromatic heterocycles. The van der Waals surface area contributed by atoms with Crippen LogP contribution in [0.3, 0.4) is 0 Å². The summed E-state index contributed by atoms with van der Waals surface area (Å²) >= 11 is 0. The Bertz CT molecular complexity index is 956. The maximum Gasteiger partial charge on any atom is 0.246 e. The minimum Gasteiger partial charge on any atom is -0.497 e. The lowest BCUT2D eigenvalue weighted by atomic mass is 9.96. The molecule has 3 aromatic carbocycles. The Labute approximate surface area is 165 Å². The first-order valence-corrected chi connectivity index (χ1v) is 9.55. The van der Waals surface area contributed by atoms with Crippen molar-refractivity contribution in [2.75, 3.05) is 19.0 Å². The van der Waals surface area contributed by atoms with E-state index in [1.54, 1.807) is 7.11 Å². The Morgan fingerprint density at radius 2 is 1.71 bits per heavy atom. The molecule has 1 aliphatic rings. The van der Waals surface area contributed by atoms with Crippen LogP contribution < -0.4 is 10.1 Å². The average molecular weight is 372 g/mol. The van der Waals surface area contributed by atoms with Crippen molar-refractivity contribution in [3.05, 3.63) is 95.6 Å². The molecule has 0 fully saturated rings. The van der Waals surface area contributed by atoms with Gasteiger partial charge in [-0.1, -0.05) is 60.7 Å². The van der Waals surface area contributed by atoms with Crippen LogP contribution in [0.2, 0.25) is 0 Å². The first-order valence-electron chi connectivity index (χ1n) is 9.55. The van der Waals surface area contributed by atoms with E-state index in [1.807, 2.05) is 54.6 Å². The van der Waals surface area contributed by atoms with Gasteiger partial charge in [-0.05, 0) is 35.2 Å². The molecule has 1 aliphatic heterocycles. The number of methoxy groups -OCH3 is 1. The van der Waals surface area contributed by atoms with Crippen LogP contribution in [0.5, 0.6) is 5.75 Å². The number of fused-ring (bicyclic) bond motifs is 1. The Balaban J connectivity index is 1.62. The number of amides is 1. The van der Waals surface area contributed by atoms with Crippen LogP contribution in [-0.4, -0.2) is 24.5 Å². The fourth-order valence-electron chi connectivity index (χ4n) is 3.81. The molecule has 4 heteroatoms. The molecule has 1 N–H and O–H groups in total. The number of carbonyl (C=O) groups excluding carboxylic acids is 1. The van der Waals surface area contributed by atoms with E-state index in [0.717, 1.165) is 36.5 Å². The van der Waals surface area contributed by atoms with Crippen molar-refractivity contribution in [1.82, 2.24) is 4.90 Å². The highest BCUT2D eigenvalue weighted by Gasteiger charge is 2.30. The van der Waals surface area contributed by atoms with Gasteiger partial charge in [0.2, 0.25) is 5.91 Å². The van der Waals surface area contributed by atoms with Gasteiger partial charge in [0.15, 0.2) is 0 Å². The molecule has 142 valence electrons. The van der Waals surface area contributed by atoms with Crippen molar-refractivity contribution in [3.63, 3.8) is 0 Å². The first-order chi connectivity index (χ1) is 13.7. The molecule has 0 saturated carbocycles. The second kappa shape index (κ2) is 8.28. The van der Waals surface area contributed by atoms with Gasteiger partial charge in [0.05, 0.1) is 7.11 Å². The molecule has 1 amide bonds. The van der Waals surface area contributed by atoms with E-state index < -0.39 is 0 Å². The Hall–Kier alpha value is -3.11. The van der Waals surface area contributed by atoms with Crippen LogP contribution in [0.4, 0.5) is 5.69 Å². The quantitative estimate of drug-likeness (QED) is 0.720. The number of nitrogens with one attached hydrogen (secondary N) is 1. The fraction of sp³-hybridized carbons (Fsp3) is 0.208. The van der Waals surface area contributed by atoms with E-state index in [1.165, 1.54) is 11.1 Å². The molecule has 0 aliphatic carbocycles. The van der Waals surface area contributed by atoms with Gasteiger partial charge in [-0.25, -0.2) is 0 Å². The van der Waals surface area contributed by atoms with Gasteiger partial charge in [-0.2, -0.15) is 0 Å². The van der Waals surface area contributed by atoms with Crippen molar-refractivity contribution < 1.29 is 9.53 Å². The van der Waals surface area contributed by atoms with E-state index in [9.17, 15) is 4.79 Å². The van der Waals surface area contributed by atoms with E-state index >= 15 is 0 Å². The number of hydrogen-bond acceptors (Lipinski definition) is 3. The van der Waals surface area contributed by atoms with E-state index in [-0.39, 0.29) is 11.9 Å². The summed E-state index contributed by atoms with van der Waals surface area (Å²) in [5, 5.41) is 3.08. The summed E-state index contributed by atoms with van der Waals surface area (Å²) < 4.78 is 5.28. The molecule has 4 nitrogen and oxygen atoms in total. The molecule has 0 radical (unpaired) electrons. The third kappa shape index (κ3) is 3.92. The predicted octanol–water partition coefficient (Wildman–Crippen LogP) is 4.43. The monoisotopic (exact) mass is 372 g/mol. The number of hydrogen-bond donors (Lipinski definition) is 1. The number of ether oxygens (including phenoxy) is 1. The second-order valence-electron chi connectivity index (χ2n) is 7.02. The van der Waals surface area contributed by atoms with Crippen LogP contribution in [0.15, 0.2) is 78.9 Å². The summed E-state index contributed by atoms with van der Waals surface area (Å²) in [4.78, 5) is 15.6. The third-order valence-corrected chi connectivity index (χ3v) is 5.23. The Kier molecular flexibility index (Phi) is 5.40. The maximum absolute atomic E-state index is 13.3. The van der Waals surface area contributed by atoms with Crippen LogP contribution in [0, 0.1) is 0 Å². The molecule has 0 spiro atoms. The molecular formula is C24H24N2O2. The SMILES string of the molecule is COc1cccc(NC(=O)[C@H](c2ccccc2)N2CCc3ccccc3C2)c1. The fourth-order valence-corrected chi connectivity index (χ4v) is 3.81. The van der Waals surface area contributed by atoms with Crippen molar-refractivity contribution in [2.45, 2.75) is 19.0 Å². The Morgan fingerprint density at radius 1 is 0.964 bits per heavy atom. The van der Waals surface area contributed by atoms with E-state index in [4.69, 9.17) is 4.74 Å². The summed E-state index contributed by atoms with van der Waals surface area (Å²) in [6.45, 7) is 1.61. The van der Waals surface area contributed by atoms with Crippen LogP contribution >= 0.6 is 0 Å². The summed E-state index contributed by atoms with van der Waals surface area (Å²) in [6.07, 6.45) is 0.950. The van der Waals surface area contributed by atoms with Crippen molar-refractivity contribution in [2.24, 2.45) is 0 Å². The van der Waals surface area contributed by atoms with Crippen LogP contribution in [-0.2, 0) is 17.8 Å². The number of benzene rings is 3. The normalized spacial score (nSPS) is 14.8. The molecule has 3 aromatic rings. The molecule has 28 heavy (non-hydrogen) atoms. The van der Waals surface area contributed by atoms with Gasteiger partial charge in [-0.15, -0.1) is 0 Å². The molecule has 0 bridgehead atoms. The summed E-state index contributed by atoms with van der Waals surface area (Å²) in [6, 6.07) is 25.6. The van der Waals surface area contributed by atoms with E-state index in [0.29, 0.717) is 0 Å². The van der Waals surface area contributed by atoms with Crippen molar-refractivity contribution >= 4 is 11.6 Å².